The lowest BCUT2D eigenvalue weighted by molar-refractivity contribution is 1.42. The molecule has 0 aliphatic rings. The molecule has 0 amide bonds. The molecule has 0 N–H and O–H groups in total. The number of hydrogen-bond acceptors (Lipinski definition) is 0. The third-order valence-corrected chi connectivity index (χ3v) is 9.48. The fourth-order valence-corrected chi connectivity index (χ4v) is 6.61. The summed E-state index contributed by atoms with van der Waals surface area (Å²) < 4.78 is 0. The van der Waals surface area contributed by atoms with Gasteiger partial charge in [0.05, 0.1) is 0 Å². The second kappa shape index (κ2) is 16.5. The van der Waals surface area contributed by atoms with Gasteiger partial charge in [-0.2, -0.15) is 0 Å². The minimum atomic E-state index is 1.16. The Morgan fingerprint density at radius 2 is 0.635 bits per heavy atom. The molecule has 0 unspecified atom stereocenters. The molecular weight excluding hydrogens is 625 g/mol. The fraction of sp³-hybridized carbons (Fsp3) is 0.0385. The predicted octanol–water partition coefficient (Wildman–Crippen LogP) is 13.8. The molecule has 0 heterocycles. The maximum absolute atomic E-state index is 2.32. The van der Waals surface area contributed by atoms with Crippen LogP contribution in [0.2, 0.25) is 0 Å². The lowest BCUT2D eigenvalue weighted by Crippen LogP contribution is -1.92. The molecule has 0 nitrogen and oxygen atoms in total. The van der Waals surface area contributed by atoms with Gasteiger partial charge in [0.25, 0.3) is 0 Å². The van der Waals surface area contributed by atoms with E-state index in [9.17, 15) is 0 Å². The molecule has 0 fully saturated rings. The topological polar surface area (TPSA) is 0 Å². The zero-order valence-electron chi connectivity index (χ0n) is 29.8. The molecular formula is C52H42. The van der Waals surface area contributed by atoms with Crippen molar-refractivity contribution in [3.05, 3.63) is 249 Å². The van der Waals surface area contributed by atoms with Crippen molar-refractivity contribution in [2.75, 3.05) is 0 Å². The normalized spacial score (nSPS) is 12.1. The molecule has 0 aromatic heterocycles. The summed E-state index contributed by atoms with van der Waals surface area (Å²) in [7, 11) is 0. The number of hydrogen-bond donors (Lipinski definition) is 0. The summed E-state index contributed by atoms with van der Waals surface area (Å²) in [5.74, 6) is 0. The highest BCUT2D eigenvalue weighted by Crippen LogP contribution is 2.31. The van der Waals surface area contributed by atoms with Gasteiger partial charge in [-0.15, -0.1) is 0 Å². The van der Waals surface area contributed by atoms with Crippen LogP contribution in [0.1, 0.15) is 66.8 Å². The Bertz CT molecular complexity index is 2210. The molecule has 0 atom stereocenters. The van der Waals surface area contributed by atoms with Gasteiger partial charge in [0.1, 0.15) is 0 Å². The predicted molar refractivity (Wildman–Crippen MR) is 226 cm³/mol. The van der Waals surface area contributed by atoms with Crippen LogP contribution in [0.3, 0.4) is 0 Å². The van der Waals surface area contributed by atoms with E-state index in [2.05, 4.69) is 232 Å². The molecule has 7 rings (SSSR count). The smallest absolute Gasteiger partial charge is 0.0103 e. The van der Waals surface area contributed by atoms with Crippen molar-refractivity contribution < 1.29 is 0 Å². The van der Waals surface area contributed by atoms with Crippen molar-refractivity contribution in [3.8, 4) is 0 Å². The minimum Gasteiger partial charge on any atom is -0.0622 e. The Kier molecular flexibility index (Phi) is 10.8. The average Bonchev–Trinajstić information content (AvgIpc) is 3.20. The standard InChI is InChI=1S/C52H42/c1-39-17-9-15-27-49(39)51(45-21-5-3-6-22-45)37-47-25-13-11-19-43(47)35-33-41-29-31-42(32-30-41)34-36-44-20-12-14-26-48(44)38-52(46-23-7-4-8-24-46)50-28-16-10-18-40(50)2/h3-38H,1-2H3/b35-33?,36-34?,51-37+,52-38+. The van der Waals surface area contributed by atoms with Crippen molar-refractivity contribution in [2.24, 2.45) is 0 Å². The van der Waals surface area contributed by atoms with E-state index in [0.29, 0.717) is 0 Å². The Hall–Kier alpha value is -6.50. The third-order valence-electron chi connectivity index (χ3n) is 9.48. The van der Waals surface area contributed by atoms with Crippen LogP contribution in [0.15, 0.2) is 182 Å². The monoisotopic (exact) mass is 666 g/mol. The lowest BCUT2D eigenvalue weighted by Gasteiger charge is -2.13. The van der Waals surface area contributed by atoms with E-state index in [1.165, 1.54) is 66.8 Å². The molecule has 0 saturated heterocycles. The number of benzene rings is 7. The van der Waals surface area contributed by atoms with Crippen molar-refractivity contribution >= 4 is 47.6 Å². The summed E-state index contributed by atoms with van der Waals surface area (Å²) in [5, 5.41) is 0. The first-order valence-corrected chi connectivity index (χ1v) is 17.9. The van der Waals surface area contributed by atoms with Crippen LogP contribution in [0.25, 0.3) is 47.6 Å². The van der Waals surface area contributed by atoms with Gasteiger partial charge in [-0.3, -0.25) is 0 Å². The molecule has 0 aliphatic carbocycles. The summed E-state index contributed by atoms with van der Waals surface area (Å²) >= 11 is 0. The zero-order chi connectivity index (χ0) is 35.5. The Labute approximate surface area is 309 Å². The van der Waals surface area contributed by atoms with Crippen molar-refractivity contribution in [1.82, 2.24) is 0 Å². The molecule has 0 bridgehead atoms. The highest BCUT2D eigenvalue weighted by molar-refractivity contribution is 5.95. The van der Waals surface area contributed by atoms with Crippen LogP contribution in [-0.4, -0.2) is 0 Å². The lowest BCUT2D eigenvalue weighted by atomic mass is 9.91. The molecule has 0 radical (unpaired) electrons. The van der Waals surface area contributed by atoms with Crippen LogP contribution < -0.4 is 0 Å². The largest absolute Gasteiger partial charge is 0.0622 e. The first-order valence-electron chi connectivity index (χ1n) is 17.9. The van der Waals surface area contributed by atoms with E-state index in [-0.39, 0.29) is 0 Å². The quantitative estimate of drug-likeness (QED) is 0.127. The molecule has 0 saturated carbocycles. The summed E-state index contributed by atoms with van der Waals surface area (Å²) in [4.78, 5) is 0. The van der Waals surface area contributed by atoms with E-state index in [1.54, 1.807) is 0 Å². The molecule has 7 aromatic carbocycles. The second-order valence-corrected chi connectivity index (χ2v) is 13.1. The van der Waals surface area contributed by atoms with Gasteiger partial charge in [0.15, 0.2) is 0 Å². The van der Waals surface area contributed by atoms with Crippen LogP contribution in [0, 0.1) is 13.8 Å². The van der Waals surface area contributed by atoms with E-state index in [4.69, 9.17) is 0 Å². The number of aryl methyl sites for hydroxylation is 2. The molecule has 7 aromatic rings. The van der Waals surface area contributed by atoms with E-state index < -0.39 is 0 Å². The molecule has 250 valence electrons. The van der Waals surface area contributed by atoms with Crippen molar-refractivity contribution in [3.63, 3.8) is 0 Å². The fourth-order valence-electron chi connectivity index (χ4n) is 6.61. The maximum Gasteiger partial charge on any atom is -0.0103 e. The average molecular weight is 667 g/mol. The second-order valence-electron chi connectivity index (χ2n) is 13.1. The Morgan fingerprint density at radius 3 is 1.02 bits per heavy atom. The first kappa shape index (κ1) is 34.0. The molecule has 0 spiro atoms. The van der Waals surface area contributed by atoms with E-state index in [0.717, 1.165) is 11.1 Å². The third kappa shape index (κ3) is 8.27. The van der Waals surface area contributed by atoms with Gasteiger partial charge in [-0.25, -0.2) is 0 Å². The van der Waals surface area contributed by atoms with Gasteiger partial charge in [-0.1, -0.05) is 206 Å². The van der Waals surface area contributed by atoms with Crippen molar-refractivity contribution in [1.29, 1.82) is 0 Å². The molecule has 0 heteroatoms. The van der Waals surface area contributed by atoms with Crippen LogP contribution in [-0.2, 0) is 0 Å². The maximum atomic E-state index is 2.32. The Morgan fingerprint density at radius 1 is 0.308 bits per heavy atom. The van der Waals surface area contributed by atoms with Crippen LogP contribution >= 0.6 is 0 Å². The summed E-state index contributed by atoms with van der Waals surface area (Å²) in [5.41, 5.74) is 16.9. The van der Waals surface area contributed by atoms with Crippen LogP contribution in [0.5, 0.6) is 0 Å². The van der Waals surface area contributed by atoms with E-state index in [1.807, 2.05) is 0 Å². The summed E-state index contributed by atoms with van der Waals surface area (Å²) in [6, 6.07) is 64.6. The Balaban J connectivity index is 1.14. The van der Waals surface area contributed by atoms with Gasteiger partial charge >= 0.3 is 0 Å². The zero-order valence-corrected chi connectivity index (χ0v) is 29.8. The van der Waals surface area contributed by atoms with Gasteiger partial charge in [0, 0.05) is 0 Å². The molecule has 52 heavy (non-hydrogen) atoms. The van der Waals surface area contributed by atoms with Gasteiger partial charge in [-0.05, 0) is 104 Å². The highest BCUT2D eigenvalue weighted by atomic mass is 14.1. The summed E-state index contributed by atoms with van der Waals surface area (Å²) in [6.45, 7) is 4.36. The van der Waals surface area contributed by atoms with Gasteiger partial charge in [0.2, 0.25) is 0 Å². The van der Waals surface area contributed by atoms with Gasteiger partial charge < -0.3 is 0 Å². The minimum absolute atomic E-state index is 1.16. The first-order chi connectivity index (χ1) is 25.6. The number of rotatable bonds is 10. The summed E-state index contributed by atoms with van der Waals surface area (Å²) in [6.07, 6.45) is 13.5. The highest BCUT2D eigenvalue weighted by Gasteiger charge is 2.10. The molecule has 0 aliphatic heterocycles. The van der Waals surface area contributed by atoms with E-state index >= 15 is 0 Å². The SMILES string of the molecule is Cc1ccccc1/C(=C/c1ccccc1C=Cc1ccc(C=Cc2ccccc2/C=C(\c2ccccc2)c2ccccc2C)cc1)c1ccccc1. The van der Waals surface area contributed by atoms with Crippen molar-refractivity contribution in [2.45, 2.75) is 13.8 Å². The van der Waals surface area contributed by atoms with Crippen LogP contribution in [0.4, 0.5) is 0 Å².